The van der Waals surface area contributed by atoms with E-state index in [-0.39, 0.29) is 6.09 Å². The van der Waals surface area contributed by atoms with Crippen LogP contribution in [-0.4, -0.2) is 35.7 Å². The number of carbonyl (C=O) groups excluding carboxylic acids is 1. The number of hydrogen-bond acceptors (Lipinski definition) is 3. The molecule has 0 radical (unpaired) electrons. The lowest BCUT2D eigenvalue weighted by Gasteiger charge is -2.39. The highest BCUT2D eigenvalue weighted by molar-refractivity contribution is 5.68. The monoisotopic (exact) mass is 318 g/mol. The van der Waals surface area contributed by atoms with Gasteiger partial charge in [0, 0.05) is 25.2 Å². The van der Waals surface area contributed by atoms with Crippen molar-refractivity contribution in [3.05, 3.63) is 35.9 Å². The summed E-state index contributed by atoms with van der Waals surface area (Å²) in [5.74, 6) is 0.405. The summed E-state index contributed by atoms with van der Waals surface area (Å²) >= 11 is 0. The van der Waals surface area contributed by atoms with Gasteiger partial charge in [-0.2, -0.15) is 0 Å². The number of piperidine rings is 1. The highest BCUT2D eigenvalue weighted by Crippen LogP contribution is 2.22. The van der Waals surface area contributed by atoms with Crippen LogP contribution in [0.5, 0.6) is 0 Å². The third-order valence-corrected chi connectivity index (χ3v) is 4.32. The topological polar surface area (TPSA) is 41.6 Å². The number of rotatable bonds is 3. The molecule has 1 saturated heterocycles. The maximum Gasteiger partial charge on any atom is 0.410 e. The standard InChI is InChI=1S/C19H30N2O2/c1-14-13-21(18(22)23-19(3,4)5)12-11-17(14)20-15(2)16-9-7-6-8-10-16/h6-10,14-15,17,20H,11-13H2,1-5H3/t14-,15?,17+/m0/s1. The number of amides is 1. The Morgan fingerprint density at radius 3 is 2.52 bits per heavy atom. The van der Waals surface area contributed by atoms with Crippen molar-refractivity contribution in [1.82, 2.24) is 10.2 Å². The first-order valence-electron chi connectivity index (χ1n) is 8.55. The number of carbonyl (C=O) groups is 1. The highest BCUT2D eigenvalue weighted by atomic mass is 16.6. The van der Waals surface area contributed by atoms with Crippen molar-refractivity contribution >= 4 is 6.09 Å². The largest absolute Gasteiger partial charge is 0.444 e. The van der Waals surface area contributed by atoms with Gasteiger partial charge in [0.15, 0.2) is 0 Å². The van der Waals surface area contributed by atoms with Gasteiger partial charge in [0.1, 0.15) is 5.60 Å². The fraction of sp³-hybridized carbons (Fsp3) is 0.632. The number of likely N-dealkylation sites (tertiary alicyclic amines) is 1. The van der Waals surface area contributed by atoms with Crippen molar-refractivity contribution in [3.63, 3.8) is 0 Å². The van der Waals surface area contributed by atoms with Crippen LogP contribution in [0.4, 0.5) is 4.79 Å². The molecular formula is C19H30N2O2. The Hall–Kier alpha value is -1.55. The second-order valence-electron chi connectivity index (χ2n) is 7.60. The van der Waals surface area contributed by atoms with Gasteiger partial charge in [-0.05, 0) is 45.6 Å². The van der Waals surface area contributed by atoms with Gasteiger partial charge < -0.3 is 15.0 Å². The second kappa shape index (κ2) is 7.35. The molecule has 0 bridgehead atoms. The predicted molar refractivity (Wildman–Crippen MR) is 93.4 cm³/mol. The molecule has 4 nitrogen and oxygen atoms in total. The Labute approximate surface area is 140 Å². The van der Waals surface area contributed by atoms with Crippen molar-refractivity contribution in [2.75, 3.05) is 13.1 Å². The van der Waals surface area contributed by atoms with E-state index in [0.717, 1.165) is 19.5 Å². The molecule has 1 amide bonds. The molecule has 1 aliphatic rings. The quantitative estimate of drug-likeness (QED) is 0.916. The Bertz CT molecular complexity index is 510. The number of hydrogen-bond donors (Lipinski definition) is 1. The molecule has 1 aromatic rings. The van der Waals surface area contributed by atoms with Gasteiger partial charge in [0.25, 0.3) is 0 Å². The average molecular weight is 318 g/mol. The maximum absolute atomic E-state index is 12.2. The molecule has 23 heavy (non-hydrogen) atoms. The lowest BCUT2D eigenvalue weighted by molar-refractivity contribution is 0.0139. The van der Waals surface area contributed by atoms with Crippen LogP contribution in [0.15, 0.2) is 30.3 Å². The van der Waals surface area contributed by atoms with Gasteiger partial charge in [0.05, 0.1) is 0 Å². The molecule has 3 atom stereocenters. The third kappa shape index (κ3) is 5.24. The molecule has 1 aromatic carbocycles. The minimum Gasteiger partial charge on any atom is -0.444 e. The summed E-state index contributed by atoms with van der Waals surface area (Å²) in [5.41, 5.74) is 0.867. The molecule has 1 N–H and O–H groups in total. The molecule has 0 saturated carbocycles. The summed E-state index contributed by atoms with van der Waals surface area (Å²) in [6.45, 7) is 11.6. The van der Waals surface area contributed by atoms with Crippen LogP contribution in [0.3, 0.4) is 0 Å². The zero-order valence-electron chi connectivity index (χ0n) is 15.0. The van der Waals surface area contributed by atoms with Gasteiger partial charge in [-0.1, -0.05) is 37.3 Å². The van der Waals surface area contributed by atoms with Crippen LogP contribution in [0.1, 0.15) is 52.6 Å². The molecule has 1 fully saturated rings. The summed E-state index contributed by atoms with van der Waals surface area (Å²) in [6.07, 6.45) is 0.760. The van der Waals surface area contributed by atoms with E-state index < -0.39 is 5.60 Å². The van der Waals surface area contributed by atoms with Crippen LogP contribution in [0.25, 0.3) is 0 Å². The zero-order chi connectivity index (χ0) is 17.0. The van der Waals surface area contributed by atoms with Gasteiger partial charge in [-0.3, -0.25) is 0 Å². The Morgan fingerprint density at radius 1 is 1.30 bits per heavy atom. The Morgan fingerprint density at radius 2 is 1.96 bits per heavy atom. The fourth-order valence-electron chi connectivity index (χ4n) is 3.04. The van der Waals surface area contributed by atoms with Gasteiger partial charge in [-0.25, -0.2) is 4.79 Å². The van der Waals surface area contributed by atoms with Crippen LogP contribution in [0.2, 0.25) is 0 Å². The summed E-state index contributed by atoms with van der Waals surface area (Å²) in [4.78, 5) is 14.0. The second-order valence-corrected chi connectivity index (χ2v) is 7.60. The van der Waals surface area contributed by atoms with E-state index >= 15 is 0 Å². The van der Waals surface area contributed by atoms with Crippen molar-refractivity contribution in [3.8, 4) is 0 Å². The molecule has 1 heterocycles. The lowest BCUT2D eigenvalue weighted by Crippen LogP contribution is -2.51. The first-order valence-corrected chi connectivity index (χ1v) is 8.55. The van der Waals surface area contributed by atoms with Crippen LogP contribution in [0, 0.1) is 5.92 Å². The van der Waals surface area contributed by atoms with E-state index in [4.69, 9.17) is 4.74 Å². The normalized spacial score (nSPS) is 23.4. The van der Waals surface area contributed by atoms with E-state index in [1.165, 1.54) is 5.56 Å². The molecule has 1 unspecified atom stereocenters. The maximum atomic E-state index is 12.2. The van der Waals surface area contributed by atoms with Crippen LogP contribution in [-0.2, 0) is 4.74 Å². The van der Waals surface area contributed by atoms with Gasteiger partial charge in [-0.15, -0.1) is 0 Å². The number of ether oxygens (including phenoxy) is 1. The number of nitrogens with one attached hydrogen (secondary N) is 1. The molecule has 0 aromatic heterocycles. The van der Waals surface area contributed by atoms with Crippen LogP contribution >= 0.6 is 0 Å². The van der Waals surface area contributed by atoms with E-state index in [1.807, 2.05) is 31.7 Å². The molecule has 2 rings (SSSR count). The first kappa shape index (κ1) is 17.8. The smallest absolute Gasteiger partial charge is 0.410 e. The van der Waals surface area contributed by atoms with Gasteiger partial charge >= 0.3 is 6.09 Å². The summed E-state index contributed by atoms with van der Waals surface area (Å²) in [6, 6.07) is 11.2. The van der Waals surface area contributed by atoms with Crippen molar-refractivity contribution in [2.45, 2.75) is 58.7 Å². The predicted octanol–water partition coefficient (Wildman–Crippen LogP) is 3.98. The first-order chi connectivity index (χ1) is 10.8. The number of benzene rings is 1. The SMILES string of the molecule is CC(N[C@@H]1CCN(C(=O)OC(C)(C)C)C[C@@H]1C)c1ccccc1. The minimum absolute atomic E-state index is 0.195. The van der Waals surface area contributed by atoms with E-state index in [1.54, 1.807) is 0 Å². The number of nitrogens with zero attached hydrogens (tertiary/aromatic N) is 1. The van der Waals surface area contributed by atoms with E-state index in [2.05, 4.69) is 43.4 Å². The lowest BCUT2D eigenvalue weighted by atomic mass is 9.92. The van der Waals surface area contributed by atoms with E-state index in [0.29, 0.717) is 18.0 Å². The van der Waals surface area contributed by atoms with E-state index in [9.17, 15) is 4.79 Å². The Kier molecular flexibility index (Phi) is 5.69. The Balaban J connectivity index is 1.88. The van der Waals surface area contributed by atoms with Crippen molar-refractivity contribution in [2.24, 2.45) is 5.92 Å². The summed E-state index contributed by atoms with van der Waals surface area (Å²) in [5, 5.41) is 3.71. The fourth-order valence-corrected chi connectivity index (χ4v) is 3.04. The molecular weight excluding hydrogens is 288 g/mol. The van der Waals surface area contributed by atoms with Gasteiger partial charge in [0.2, 0.25) is 0 Å². The average Bonchev–Trinajstić information content (AvgIpc) is 2.48. The third-order valence-electron chi connectivity index (χ3n) is 4.32. The van der Waals surface area contributed by atoms with Crippen LogP contribution < -0.4 is 5.32 Å². The summed E-state index contributed by atoms with van der Waals surface area (Å²) < 4.78 is 5.48. The molecule has 1 aliphatic heterocycles. The summed E-state index contributed by atoms with van der Waals surface area (Å²) in [7, 11) is 0. The molecule has 0 spiro atoms. The highest BCUT2D eigenvalue weighted by Gasteiger charge is 2.31. The molecule has 128 valence electrons. The van der Waals surface area contributed by atoms with Crippen molar-refractivity contribution in [1.29, 1.82) is 0 Å². The molecule has 4 heteroatoms. The van der Waals surface area contributed by atoms with Crippen molar-refractivity contribution < 1.29 is 9.53 Å². The molecule has 0 aliphatic carbocycles. The minimum atomic E-state index is -0.433. The zero-order valence-corrected chi connectivity index (χ0v) is 15.0.